The predicted molar refractivity (Wildman–Crippen MR) is 170 cm³/mol. The van der Waals surface area contributed by atoms with E-state index in [0.29, 0.717) is 62.1 Å². The molecule has 7 nitrogen and oxygen atoms in total. The first-order valence-electron chi connectivity index (χ1n) is 15.6. The van der Waals surface area contributed by atoms with Crippen LogP contribution in [-0.2, 0) is 30.4 Å². The van der Waals surface area contributed by atoms with Gasteiger partial charge >= 0.3 is 6.18 Å². The van der Waals surface area contributed by atoms with Crippen molar-refractivity contribution in [3.8, 4) is 5.75 Å². The SMILES string of the molecule is O=C([C@@H](Cc1ccc(Cl)cc1)NC[C@H]1Cc2ccccc2CN1)N1CCN(c2cc(C(F)(F)F)ccc2O[C@H]2CCNC2)CC1. The molecule has 3 heterocycles. The van der Waals surface area contributed by atoms with E-state index in [1.165, 1.54) is 23.3 Å². The molecule has 6 rings (SSSR count). The van der Waals surface area contributed by atoms with Gasteiger partial charge in [0.15, 0.2) is 0 Å². The normalized spacial score (nSPS) is 21.0. The number of anilines is 1. The Hall–Kier alpha value is -3.31. The fourth-order valence-corrected chi connectivity index (χ4v) is 6.52. The number of halogens is 4. The van der Waals surface area contributed by atoms with Gasteiger partial charge in [0, 0.05) is 56.9 Å². The highest BCUT2D eigenvalue weighted by atomic mass is 35.5. The number of rotatable bonds is 9. The molecule has 3 aliphatic heterocycles. The molecule has 1 amide bonds. The number of piperazine rings is 1. The van der Waals surface area contributed by atoms with Crippen molar-refractivity contribution in [3.63, 3.8) is 0 Å². The lowest BCUT2D eigenvalue weighted by atomic mass is 9.95. The lowest BCUT2D eigenvalue weighted by Crippen LogP contribution is -2.56. The molecule has 3 aromatic carbocycles. The van der Waals surface area contributed by atoms with E-state index in [1.807, 2.05) is 40.1 Å². The molecular weight excluding hydrogens is 603 g/mol. The lowest BCUT2D eigenvalue weighted by molar-refractivity contribution is -0.137. The summed E-state index contributed by atoms with van der Waals surface area (Å²) in [6.07, 6.45) is -2.37. The number of nitrogens with one attached hydrogen (secondary N) is 3. The van der Waals surface area contributed by atoms with Gasteiger partial charge in [0.2, 0.25) is 5.91 Å². The molecule has 0 unspecified atom stereocenters. The van der Waals surface area contributed by atoms with Gasteiger partial charge in [-0.25, -0.2) is 0 Å². The quantitative estimate of drug-likeness (QED) is 0.316. The minimum absolute atomic E-state index is 0.0154. The van der Waals surface area contributed by atoms with Crippen molar-refractivity contribution < 1.29 is 22.7 Å². The van der Waals surface area contributed by atoms with Crippen molar-refractivity contribution in [1.29, 1.82) is 0 Å². The largest absolute Gasteiger partial charge is 0.487 e. The summed E-state index contributed by atoms with van der Waals surface area (Å²) in [5.74, 6) is 0.429. The van der Waals surface area contributed by atoms with Crippen molar-refractivity contribution in [1.82, 2.24) is 20.9 Å². The number of hydrogen-bond donors (Lipinski definition) is 3. The number of nitrogens with zero attached hydrogens (tertiary/aromatic N) is 2. The molecule has 0 aliphatic carbocycles. The monoisotopic (exact) mass is 641 g/mol. The Morgan fingerprint density at radius 3 is 2.49 bits per heavy atom. The van der Waals surface area contributed by atoms with Crippen LogP contribution < -0.4 is 25.6 Å². The van der Waals surface area contributed by atoms with Crippen LogP contribution in [0.1, 0.15) is 28.7 Å². The smallest absolute Gasteiger partial charge is 0.416 e. The summed E-state index contributed by atoms with van der Waals surface area (Å²) in [7, 11) is 0. The molecule has 11 heteroatoms. The molecule has 3 atom stereocenters. The van der Waals surface area contributed by atoms with Crippen molar-refractivity contribution in [2.24, 2.45) is 0 Å². The van der Waals surface area contributed by atoms with Crippen molar-refractivity contribution >= 4 is 23.2 Å². The second-order valence-electron chi connectivity index (χ2n) is 12.1. The summed E-state index contributed by atoms with van der Waals surface area (Å²) >= 11 is 6.12. The summed E-state index contributed by atoms with van der Waals surface area (Å²) in [5.41, 5.74) is 3.33. The number of alkyl halides is 3. The number of carbonyl (C=O) groups excluding carboxylic acids is 1. The molecule has 2 saturated heterocycles. The van der Waals surface area contributed by atoms with Gasteiger partial charge in [-0.2, -0.15) is 13.2 Å². The first-order chi connectivity index (χ1) is 21.7. The Bertz CT molecular complexity index is 1460. The third-order valence-corrected chi connectivity index (χ3v) is 9.21. The van der Waals surface area contributed by atoms with Crippen molar-refractivity contribution in [2.75, 3.05) is 50.7 Å². The highest BCUT2D eigenvalue weighted by molar-refractivity contribution is 6.30. The molecule has 0 saturated carbocycles. The molecule has 0 spiro atoms. The first-order valence-corrected chi connectivity index (χ1v) is 16.0. The number of benzene rings is 3. The van der Waals surface area contributed by atoms with Crippen molar-refractivity contribution in [3.05, 3.63) is 94.0 Å². The van der Waals surface area contributed by atoms with Crippen LogP contribution in [0.5, 0.6) is 5.75 Å². The standard InChI is InChI=1S/C34H39ClF3N5O2/c35-27-8-5-23(6-9-27)17-30(41-21-28-18-24-3-1-2-4-25(24)20-40-28)33(44)43-15-13-42(14-16-43)31-19-26(34(36,37)38)7-10-32(31)45-29-11-12-39-22-29/h1-10,19,28-30,39-41H,11-18,20-22H2/t28-,29+,30-/m1/s1. The highest BCUT2D eigenvalue weighted by Crippen LogP contribution is 2.38. The third kappa shape index (κ3) is 7.92. The molecule has 240 valence electrons. The number of amides is 1. The van der Waals surface area contributed by atoms with Gasteiger partial charge in [0.25, 0.3) is 0 Å². The molecule has 3 aromatic rings. The zero-order valence-corrected chi connectivity index (χ0v) is 25.8. The fourth-order valence-electron chi connectivity index (χ4n) is 6.39. The van der Waals surface area contributed by atoms with Gasteiger partial charge in [-0.05, 0) is 72.8 Å². The van der Waals surface area contributed by atoms with E-state index in [4.69, 9.17) is 16.3 Å². The van der Waals surface area contributed by atoms with Crippen molar-refractivity contribution in [2.45, 2.75) is 50.2 Å². The predicted octanol–water partition coefficient (Wildman–Crippen LogP) is 4.66. The summed E-state index contributed by atoms with van der Waals surface area (Å²) in [4.78, 5) is 17.7. The van der Waals surface area contributed by atoms with Gasteiger partial charge in [0.05, 0.1) is 17.3 Å². The van der Waals surface area contributed by atoms with Crippen LogP contribution in [0.2, 0.25) is 5.02 Å². The minimum Gasteiger partial charge on any atom is -0.487 e. The van der Waals surface area contributed by atoms with Crippen LogP contribution in [0.15, 0.2) is 66.7 Å². The van der Waals surface area contributed by atoms with Gasteiger partial charge in [-0.1, -0.05) is 48.0 Å². The molecule has 0 aromatic heterocycles. The summed E-state index contributed by atoms with van der Waals surface area (Å²) in [6.45, 7) is 4.49. The van der Waals surface area contributed by atoms with E-state index in [2.05, 4.69) is 34.1 Å². The minimum atomic E-state index is -4.46. The van der Waals surface area contributed by atoms with Crippen LogP contribution >= 0.6 is 11.6 Å². The van der Waals surface area contributed by atoms with E-state index in [1.54, 1.807) is 0 Å². The first kappa shape index (κ1) is 31.7. The second kappa shape index (κ2) is 14.0. The Morgan fingerprint density at radius 1 is 1.02 bits per heavy atom. The maximum atomic E-state index is 14.0. The molecule has 45 heavy (non-hydrogen) atoms. The van der Waals surface area contributed by atoms with Crippen LogP contribution in [0.25, 0.3) is 0 Å². The maximum absolute atomic E-state index is 14.0. The average molecular weight is 642 g/mol. The van der Waals surface area contributed by atoms with Crippen LogP contribution in [0, 0.1) is 0 Å². The number of carbonyl (C=O) groups is 1. The number of fused-ring (bicyclic) bond motifs is 1. The Labute approximate surface area is 267 Å². The summed E-state index contributed by atoms with van der Waals surface area (Å²) in [6, 6.07) is 19.3. The molecule has 3 N–H and O–H groups in total. The Balaban J connectivity index is 1.14. The van der Waals surface area contributed by atoms with Gasteiger partial charge in [-0.3, -0.25) is 4.79 Å². The fraction of sp³-hybridized carbons (Fsp3) is 0.441. The van der Waals surface area contributed by atoms with E-state index in [9.17, 15) is 18.0 Å². The second-order valence-corrected chi connectivity index (χ2v) is 12.5. The third-order valence-electron chi connectivity index (χ3n) is 8.95. The molecule has 0 radical (unpaired) electrons. The van der Waals surface area contributed by atoms with Crippen LogP contribution in [-0.4, -0.2) is 74.8 Å². The van der Waals surface area contributed by atoms with Gasteiger partial charge in [0.1, 0.15) is 11.9 Å². The zero-order valence-electron chi connectivity index (χ0n) is 25.1. The number of hydrogen-bond acceptors (Lipinski definition) is 6. The molecule has 0 bridgehead atoms. The lowest BCUT2D eigenvalue weighted by Gasteiger charge is -2.39. The van der Waals surface area contributed by atoms with Gasteiger partial charge in [-0.15, -0.1) is 0 Å². The molecule has 2 fully saturated rings. The molecule has 3 aliphatic rings. The van der Waals surface area contributed by atoms with Gasteiger partial charge < -0.3 is 30.5 Å². The van der Waals surface area contributed by atoms with E-state index in [-0.39, 0.29) is 18.1 Å². The van der Waals surface area contributed by atoms with E-state index in [0.717, 1.165) is 37.6 Å². The van der Waals surface area contributed by atoms with E-state index >= 15 is 0 Å². The zero-order chi connectivity index (χ0) is 31.4. The topological polar surface area (TPSA) is 68.9 Å². The Morgan fingerprint density at radius 2 is 1.78 bits per heavy atom. The highest BCUT2D eigenvalue weighted by Gasteiger charge is 2.34. The number of ether oxygens (including phenoxy) is 1. The summed E-state index contributed by atoms with van der Waals surface area (Å²) < 4.78 is 47.2. The maximum Gasteiger partial charge on any atom is 0.416 e. The van der Waals surface area contributed by atoms with E-state index < -0.39 is 17.8 Å². The molecular formula is C34H39ClF3N5O2. The Kier molecular flexibility index (Phi) is 9.84. The van der Waals surface area contributed by atoms with Crippen LogP contribution in [0.4, 0.5) is 18.9 Å². The average Bonchev–Trinajstić information content (AvgIpc) is 3.56. The van der Waals surface area contributed by atoms with Crippen LogP contribution in [0.3, 0.4) is 0 Å². The summed E-state index contributed by atoms with van der Waals surface area (Å²) in [5, 5.41) is 11.0.